The van der Waals surface area contributed by atoms with Crippen LogP contribution in [0.25, 0.3) is 0 Å². The van der Waals surface area contributed by atoms with Crippen LogP contribution in [0.1, 0.15) is 27.2 Å². The van der Waals surface area contributed by atoms with Crippen LogP contribution < -0.4 is 5.32 Å². The number of aryl methyl sites for hydroxylation is 1. The van der Waals surface area contributed by atoms with E-state index in [2.05, 4.69) is 21.2 Å². The van der Waals surface area contributed by atoms with Crippen LogP contribution >= 0.6 is 27.3 Å². The molecule has 2 heterocycles. The minimum absolute atomic E-state index is 0.252. The molecule has 2 N–H and O–H groups in total. The molecule has 1 aromatic heterocycles. The quantitative estimate of drug-likeness (QED) is 0.820. The Morgan fingerprint density at radius 3 is 2.81 bits per heavy atom. The van der Waals surface area contributed by atoms with Crippen molar-refractivity contribution in [3.8, 4) is 0 Å². The molecular formula is C15H12BrNO3S. The Balaban J connectivity index is 1.97. The number of hydrogen-bond acceptors (Lipinski definition) is 4. The summed E-state index contributed by atoms with van der Waals surface area (Å²) in [6, 6.07) is 8.76. The Kier molecular flexibility index (Phi) is 3.47. The van der Waals surface area contributed by atoms with Crippen molar-refractivity contribution in [2.75, 3.05) is 5.32 Å². The average molecular weight is 366 g/mol. The van der Waals surface area contributed by atoms with Crippen LogP contribution in [0.5, 0.6) is 0 Å². The van der Waals surface area contributed by atoms with Gasteiger partial charge in [0.25, 0.3) is 5.91 Å². The topological polar surface area (TPSA) is 66.4 Å². The molecule has 21 heavy (non-hydrogen) atoms. The van der Waals surface area contributed by atoms with E-state index in [1.807, 2.05) is 13.0 Å². The first-order chi connectivity index (χ1) is 9.91. The van der Waals surface area contributed by atoms with Gasteiger partial charge < -0.3 is 10.4 Å². The van der Waals surface area contributed by atoms with Gasteiger partial charge in [0.2, 0.25) is 0 Å². The van der Waals surface area contributed by atoms with Crippen molar-refractivity contribution >= 4 is 44.6 Å². The molecule has 0 spiro atoms. The van der Waals surface area contributed by atoms with E-state index in [-0.39, 0.29) is 12.2 Å². The van der Waals surface area contributed by atoms with Gasteiger partial charge in [-0.25, -0.2) is 0 Å². The van der Waals surface area contributed by atoms with E-state index in [1.54, 1.807) is 24.3 Å². The fourth-order valence-electron chi connectivity index (χ4n) is 2.48. The summed E-state index contributed by atoms with van der Waals surface area (Å²) in [7, 11) is 0. The molecule has 0 saturated heterocycles. The number of nitrogens with one attached hydrogen (secondary N) is 1. The molecule has 108 valence electrons. The summed E-state index contributed by atoms with van der Waals surface area (Å²) in [5.74, 6) is -0.798. The van der Waals surface area contributed by atoms with Gasteiger partial charge in [0, 0.05) is 5.56 Å². The Hall–Kier alpha value is -1.50. The molecule has 0 bridgehead atoms. The van der Waals surface area contributed by atoms with Crippen molar-refractivity contribution < 1.29 is 14.7 Å². The fraction of sp³-hybridized carbons (Fsp3) is 0.200. The van der Waals surface area contributed by atoms with Gasteiger partial charge in [-0.1, -0.05) is 18.2 Å². The fourth-order valence-corrected chi connectivity index (χ4v) is 3.80. The van der Waals surface area contributed by atoms with Crippen molar-refractivity contribution in [1.29, 1.82) is 0 Å². The van der Waals surface area contributed by atoms with Gasteiger partial charge >= 0.3 is 0 Å². The number of thiophene rings is 1. The van der Waals surface area contributed by atoms with Crippen LogP contribution in [0.3, 0.4) is 0 Å². The Morgan fingerprint density at radius 1 is 1.38 bits per heavy atom. The summed E-state index contributed by atoms with van der Waals surface area (Å²) in [5.41, 5.74) is 0.138. The number of Topliss-reactive ketones (excluding diaryl/α,β-unsaturated/α-hetero) is 1. The zero-order valence-electron chi connectivity index (χ0n) is 11.1. The minimum Gasteiger partial charge on any atom is -0.375 e. The van der Waals surface area contributed by atoms with Crippen molar-refractivity contribution in [2.45, 2.75) is 18.9 Å². The van der Waals surface area contributed by atoms with Crippen LogP contribution in [-0.4, -0.2) is 16.8 Å². The number of anilines is 1. The number of ketones is 1. The van der Waals surface area contributed by atoms with Crippen molar-refractivity contribution in [1.82, 2.24) is 0 Å². The summed E-state index contributed by atoms with van der Waals surface area (Å²) in [5, 5.41) is 13.4. The van der Waals surface area contributed by atoms with Gasteiger partial charge in [-0.15, -0.1) is 11.3 Å². The van der Waals surface area contributed by atoms with Crippen LogP contribution in [0, 0.1) is 6.92 Å². The summed E-state index contributed by atoms with van der Waals surface area (Å²) >= 11 is 4.59. The number of halogens is 1. The molecule has 1 atom stereocenters. The second kappa shape index (κ2) is 5.05. The number of amides is 1. The molecule has 1 aliphatic heterocycles. The van der Waals surface area contributed by atoms with Crippen LogP contribution in [0.2, 0.25) is 0 Å². The van der Waals surface area contributed by atoms with Gasteiger partial charge in [0.15, 0.2) is 11.4 Å². The molecule has 0 radical (unpaired) electrons. The van der Waals surface area contributed by atoms with Gasteiger partial charge in [0.05, 0.1) is 20.8 Å². The van der Waals surface area contributed by atoms with Gasteiger partial charge in [-0.3, -0.25) is 9.59 Å². The highest BCUT2D eigenvalue weighted by atomic mass is 79.9. The molecule has 6 heteroatoms. The number of benzene rings is 1. The molecular weight excluding hydrogens is 354 g/mol. The van der Waals surface area contributed by atoms with E-state index < -0.39 is 11.5 Å². The lowest BCUT2D eigenvalue weighted by Crippen LogP contribution is -2.36. The monoisotopic (exact) mass is 365 g/mol. The number of aliphatic hydroxyl groups is 1. The second-order valence-electron chi connectivity index (χ2n) is 5.02. The number of rotatable bonds is 3. The highest BCUT2D eigenvalue weighted by molar-refractivity contribution is 9.11. The molecule has 0 saturated carbocycles. The van der Waals surface area contributed by atoms with E-state index in [0.717, 1.165) is 9.35 Å². The number of para-hydroxylation sites is 1. The first kappa shape index (κ1) is 14.4. The van der Waals surface area contributed by atoms with E-state index in [9.17, 15) is 14.7 Å². The number of fused-ring (bicyclic) bond motifs is 1. The van der Waals surface area contributed by atoms with E-state index in [4.69, 9.17) is 0 Å². The Bertz CT molecular complexity index is 755. The van der Waals surface area contributed by atoms with E-state index >= 15 is 0 Å². The minimum atomic E-state index is -1.80. The Labute approximate surface area is 133 Å². The van der Waals surface area contributed by atoms with Gasteiger partial charge in [-0.2, -0.15) is 0 Å². The highest BCUT2D eigenvalue weighted by Crippen LogP contribution is 2.41. The van der Waals surface area contributed by atoms with Crippen LogP contribution in [-0.2, 0) is 10.4 Å². The maximum absolute atomic E-state index is 12.3. The lowest BCUT2D eigenvalue weighted by Gasteiger charge is -2.19. The number of carbonyl (C=O) groups excluding carboxylic acids is 2. The van der Waals surface area contributed by atoms with Crippen molar-refractivity contribution in [3.63, 3.8) is 0 Å². The standard InChI is InChI=1S/C15H12BrNO3S/c1-8-3-2-4-9-13(8)17-14(19)15(9,20)7-10(18)11-5-6-12(16)21-11/h2-6,20H,7H2,1H3,(H,17,19). The molecule has 0 fully saturated rings. The van der Waals surface area contributed by atoms with Crippen molar-refractivity contribution in [2.24, 2.45) is 0 Å². The number of hydrogen-bond donors (Lipinski definition) is 2. The first-order valence-electron chi connectivity index (χ1n) is 6.34. The first-order valence-corrected chi connectivity index (χ1v) is 7.95. The SMILES string of the molecule is Cc1cccc2c1NC(=O)C2(O)CC(=O)c1ccc(Br)s1. The van der Waals surface area contributed by atoms with E-state index in [0.29, 0.717) is 16.1 Å². The maximum atomic E-state index is 12.3. The van der Waals surface area contributed by atoms with Crippen molar-refractivity contribution in [3.05, 3.63) is 50.1 Å². The molecule has 4 nitrogen and oxygen atoms in total. The summed E-state index contributed by atoms with van der Waals surface area (Å²) in [6.45, 7) is 1.85. The molecule has 1 unspecified atom stereocenters. The van der Waals surface area contributed by atoms with E-state index in [1.165, 1.54) is 11.3 Å². The highest BCUT2D eigenvalue weighted by Gasteiger charge is 2.47. The third-order valence-corrected chi connectivity index (χ3v) is 5.26. The zero-order valence-corrected chi connectivity index (χ0v) is 13.5. The largest absolute Gasteiger partial charge is 0.375 e. The summed E-state index contributed by atoms with van der Waals surface area (Å²) in [6.07, 6.45) is -0.262. The normalized spacial score (nSPS) is 20.2. The number of carbonyl (C=O) groups is 2. The zero-order chi connectivity index (χ0) is 15.2. The maximum Gasteiger partial charge on any atom is 0.261 e. The predicted molar refractivity (Wildman–Crippen MR) is 84.7 cm³/mol. The predicted octanol–water partition coefficient (Wildman–Crippen LogP) is 3.23. The van der Waals surface area contributed by atoms with Gasteiger partial charge in [0.1, 0.15) is 0 Å². The smallest absolute Gasteiger partial charge is 0.261 e. The second-order valence-corrected chi connectivity index (χ2v) is 7.48. The van der Waals surface area contributed by atoms with Gasteiger partial charge in [-0.05, 0) is 40.5 Å². The molecule has 1 aliphatic rings. The molecule has 1 amide bonds. The van der Waals surface area contributed by atoms with Crippen LogP contribution in [0.15, 0.2) is 34.1 Å². The summed E-state index contributed by atoms with van der Waals surface area (Å²) in [4.78, 5) is 25.0. The lowest BCUT2D eigenvalue weighted by molar-refractivity contribution is -0.133. The average Bonchev–Trinajstić information content (AvgIpc) is 2.96. The third kappa shape index (κ3) is 2.33. The molecule has 0 aliphatic carbocycles. The molecule has 3 rings (SSSR count). The molecule has 1 aromatic carbocycles. The third-order valence-electron chi connectivity index (χ3n) is 3.60. The summed E-state index contributed by atoms with van der Waals surface area (Å²) < 4.78 is 0.838. The lowest BCUT2D eigenvalue weighted by atomic mass is 9.89. The van der Waals surface area contributed by atoms with Crippen LogP contribution in [0.4, 0.5) is 5.69 Å². The molecule has 2 aromatic rings. The Morgan fingerprint density at radius 2 is 2.14 bits per heavy atom.